The van der Waals surface area contributed by atoms with Gasteiger partial charge in [0, 0.05) is 25.8 Å². The summed E-state index contributed by atoms with van der Waals surface area (Å²) < 4.78 is 5.47. The fourth-order valence-electron chi connectivity index (χ4n) is 3.18. The Bertz CT molecular complexity index is 382. The molecule has 1 unspecified atom stereocenters. The normalized spacial score (nSPS) is 21.8. The number of hydrogen-bond donors (Lipinski definition) is 1. The monoisotopic (exact) mass is 273 g/mol. The van der Waals surface area contributed by atoms with Crippen LogP contribution in [-0.4, -0.2) is 25.8 Å². The Kier molecular flexibility index (Phi) is 5.10. The molecule has 2 fully saturated rings. The van der Waals surface area contributed by atoms with Gasteiger partial charge in [0.05, 0.1) is 0 Å². The molecule has 2 heteroatoms. The summed E-state index contributed by atoms with van der Waals surface area (Å²) in [6.07, 6.45) is 7.95. The van der Waals surface area contributed by atoms with E-state index in [1.807, 2.05) is 0 Å². The van der Waals surface area contributed by atoms with Crippen LogP contribution in [0.25, 0.3) is 0 Å². The largest absolute Gasteiger partial charge is 0.381 e. The molecule has 0 aromatic heterocycles. The Morgan fingerprint density at radius 1 is 1.05 bits per heavy atom. The number of nitrogens with one attached hydrogen (secondary N) is 1. The van der Waals surface area contributed by atoms with E-state index in [0.717, 1.165) is 31.7 Å². The lowest BCUT2D eigenvalue weighted by atomic mass is 9.87. The molecule has 1 aromatic carbocycles. The van der Waals surface area contributed by atoms with E-state index in [9.17, 15) is 0 Å². The van der Waals surface area contributed by atoms with Gasteiger partial charge in [-0.25, -0.2) is 0 Å². The van der Waals surface area contributed by atoms with Gasteiger partial charge < -0.3 is 10.1 Å². The molecular formula is C18H27NO. The molecular weight excluding hydrogens is 246 g/mol. The number of ether oxygens (including phenoxy) is 1. The Morgan fingerprint density at radius 2 is 1.80 bits per heavy atom. The second-order valence-corrected chi connectivity index (χ2v) is 6.42. The summed E-state index contributed by atoms with van der Waals surface area (Å²) in [7, 11) is 0. The zero-order valence-corrected chi connectivity index (χ0v) is 12.4. The van der Waals surface area contributed by atoms with Crippen molar-refractivity contribution in [2.24, 2.45) is 5.92 Å². The second kappa shape index (κ2) is 7.24. The lowest BCUT2D eigenvalue weighted by molar-refractivity contribution is 0.0627. The average Bonchev–Trinajstić information content (AvgIpc) is 3.33. The molecule has 1 aromatic rings. The Hall–Kier alpha value is -0.860. The first-order valence-corrected chi connectivity index (χ1v) is 8.28. The van der Waals surface area contributed by atoms with Crippen LogP contribution in [0.1, 0.15) is 50.0 Å². The topological polar surface area (TPSA) is 21.3 Å². The lowest BCUT2D eigenvalue weighted by Gasteiger charge is -2.25. The highest BCUT2D eigenvalue weighted by Gasteiger charge is 2.23. The molecule has 0 amide bonds. The van der Waals surface area contributed by atoms with Crippen LogP contribution in [0.5, 0.6) is 0 Å². The summed E-state index contributed by atoms with van der Waals surface area (Å²) >= 11 is 0. The molecule has 1 saturated heterocycles. The first kappa shape index (κ1) is 14.1. The zero-order chi connectivity index (χ0) is 13.6. The lowest BCUT2D eigenvalue weighted by Crippen LogP contribution is -2.24. The summed E-state index contributed by atoms with van der Waals surface area (Å²) in [6.45, 7) is 3.10. The Labute approximate surface area is 122 Å². The fraction of sp³-hybridized carbons (Fsp3) is 0.667. The summed E-state index contributed by atoms with van der Waals surface area (Å²) in [5, 5.41) is 3.72. The molecule has 1 saturated carbocycles. The third-order valence-electron chi connectivity index (χ3n) is 4.77. The third-order valence-corrected chi connectivity index (χ3v) is 4.77. The summed E-state index contributed by atoms with van der Waals surface area (Å²) in [5.41, 5.74) is 1.51. The third kappa shape index (κ3) is 4.32. The fourth-order valence-corrected chi connectivity index (χ4v) is 3.18. The minimum atomic E-state index is 0.680. The molecule has 1 heterocycles. The van der Waals surface area contributed by atoms with Gasteiger partial charge in [0.25, 0.3) is 0 Å². The van der Waals surface area contributed by atoms with E-state index in [1.165, 1.54) is 44.1 Å². The van der Waals surface area contributed by atoms with Gasteiger partial charge in [0.2, 0.25) is 0 Å². The maximum absolute atomic E-state index is 5.47. The molecule has 0 spiro atoms. The first-order valence-electron chi connectivity index (χ1n) is 8.28. The van der Waals surface area contributed by atoms with Gasteiger partial charge in [0.15, 0.2) is 0 Å². The van der Waals surface area contributed by atoms with Gasteiger partial charge in [-0.1, -0.05) is 30.3 Å². The van der Waals surface area contributed by atoms with E-state index in [0.29, 0.717) is 5.92 Å². The zero-order valence-electron chi connectivity index (χ0n) is 12.4. The quantitative estimate of drug-likeness (QED) is 0.817. The highest BCUT2D eigenvalue weighted by Crippen LogP contribution is 2.28. The highest BCUT2D eigenvalue weighted by molar-refractivity contribution is 5.20. The second-order valence-electron chi connectivity index (χ2n) is 6.42. The predicted octanol–water partition coefficient (Wildman–Crippen LogP) is 3.73. The van der Waals surface area contributed by atoms with Gasteiger partial charge in [-0.15, -0.1) is 0 Å². The minimum Gasteiger partial charge on any atom is -0.381 e. The van der Waals surface area contributed by atoms with Gasteiger partial charge in [0.1, 0.15) is 0 Å². The van der Waals surface area contributed by atoms with Crippen molar-refractivity contribution in [1.29, 1.82) is 0 Å². The van der Waals surface area contributed by atoms with Gasteiger partial charge >= 0.3 is 0 Å². The average molecular weight is 273 g/mol. The smallest absolute Gasteiger partial charge is 0.0468 e. The first-order chi connectivity index (χ1) is 9.92. The number of hydrogen-bond acceptors (Lipinski definition) is 2. The highest BCUT2D eigenvalue weighted by atomic mass is 16.5. The molecule has 1 N–H and O–H groups in total. The summed E-state index contributed by atoms with van der Waals surface area (Å²) in [4.78, 5) is 0. The van der Waals surface area contributed by atoms with Crippen LogP contribution in [0, 0.1) is 5.92 Å². The van der Waals surface area contributed by atoms with E-state index >= 15 is 0 Å². The van der Waals surface area contributed by atoms with E-state index < -0.39 is 0 Å². The molecule has 1 aliphatic carbocycles. The van der Waals surface area contributed by atoms with Crippen LogP contribution >= 0.6 is 0 Å². The molecule has 1 aliphatic heterocycles. The van der Waals surface area contributed by atoms with Crippen LogP contribution in [0.15, 0.2) is 30.3 Å². The number of rotatable bonds is 7. The summed E-state index contributed by atoms with van der Waals surface area (Å²) in [5.74, 6) is 1.57. The number of benzene rings is 1. The SMILES string of the molecule is c1ccc(C(CCC2CCOCC2)CNC2CC2)cc1. The van der Waals surface area contributed by atoms with Gasteiger partial charge in [-0.2, -0.15) is 0 Å². The Morgan fingerprint density at radius 3 is 2.50 bits per heavy atom. The molecule has 110 valence electrons. The summed E-state index contributed by atoms with van der Waals surface area (Å²) in [6, 6.07) is 11.9. The maximum atomic E-state index is 5.47. The van der Waals surface area contributed by atoms with Crippen LogP contribution in [0.3, 0.4) is 0 Å². The van der Waals surface area contributed by atoms with E-state index in [4.69, 9.17) is 4.74 Å². The maximum Gasteiger partial charge on any atom is 0.0468 e. The predicted molar refractivity (Wildman–Crippen MR) is 83.0 cm³/mol. The van der Waals surface area contributed by atoms with Crippen molar-refractivity contribution >= 4 is 0 Å². The van der Waals surface area contributed by atoms with Gasteiger partial charge in [-0.3, -0.25) is 0 Å². The van der Waals surface area contributed by atoms with E-state index in [-0.39, 0.29) is 0 Å². The molecule has 0 bridgehead atoms. The Balaban J connectivity index is 1.53. The van der Waals surface area contributed by atoms with Crippen molar-refractivity contribution in [2.45, 2.75) is 50.5 Å². The van der Waals surface area contributed by atoms with Crippen molar-refractivity contribution in [3.05, 3.63) is 35.9 Å². The molecule has 20 heavy (non-hydrogen) atoms. The molecule has 3 rings (SSSR count). The van der Waals surface area contributed by atoms with Gasteiger partial charge in [-0.05, 0) is 55.9 Å². The van der Waals surface area contributed by atoms with Crippen molar-refractivity contribution in [1.82, 2.24) is 5.32 Å². The van der Waals surface area contributed by atoms with Crippen molar-refractivity contribution in [3.63, 3.8) is 0 Å². The van der Waals surface area contributed by atoms with Crippen LogP contribution in [-0.2, 0) is 4.74 Å². The van der Waals surface area contributed by atoms with E-state index in [1.54, 1.807) is 0 Å². The van der Waals surface area contributed by atoms with Crippen LogP contribution < -0.4 is 5.32 Å². The van der Waals surface area contributed by atoms with Crippen LogP contribution in [0.4, 0.5) is 0 Å². The molecule has 2 aliphatic rings. The van der Waals surface area contributed by atoms with E-state index in [2.05, 4.69) is 35.6 Å². The standard InChI is InChI=1S/C18H27NO/c1-2-4-16(5-3-1)17(14-19-18-8-9-18)7-6-15-10-12-20-13-11-15/h1-5,15,17-19H,6-14H2. The van der Waals surface area contributed by atoms with Crippen LogP contribution in [0.2, 0.25) is 0 Å². The minimum absolute atomic E-state index is 0.680. The molecule has 0 radical (unpaired) electrons. The van der Waals surface area contributed by atoms with Crippen molar-refractivity contribution in [3.8, 4) is 0 Å². The van der Waals surface area contributed by atoms with Crippen molar-refractivity contribution in [2.75, 3.05) is 19.8 Å². The molecule has 1 atom stereocenters. The molecule has 2 nitrogen and oxygen atoms in total. The van der Waals surface area contributed by atoms with Crippen molar-refractivity contribution < 1.29 is 4.74 Å².